The first-order valence-electron chi connectivity index (χ1n) is 11.6. The summed E-state index contributed by atoms with van der Waals surface area (Å²) in [5, 5.41) is 23.1. The van der Waals surface area contributed by atoms with Gasteiger partial charge in [0.15, 0.2) is 0 Å². The van der Waals surface area contributed by atoms with Crippen LogP contribution in [0.5, 0.6) is 5.75 Å². The number of aliphatic hydroxyl groups is 2. The van der Waals surface area contributed by atoms with Crippen LogP contribution in [0.4, 0.5) is 22.4 Å². The molecule has 3 aromatic carbocycles. The standard InChI is InChI=1S/C27H25F4NO5/c28-25(29)27(30,31)37-17-7-5-6-16(14-17)24(34)23(33)12-13-32-26(35)36-15-22-20-10-3-1-8-18(20)19-9-2-4-11-21(19)22/h1-11,14,22-25,33-34H,12-13,15H2,(H,32,35). The quantitative estimate of drug-likeness (QED) is 0.319. The Kier molecular flexibility index (Phi) is 7.99. The molecule has 0 saturated heterocycles. The Morgan fingerprint density at radius 3 is 2.19 bits per heavy atom. The number of alkyl carbamates (subject to hydrolysis) is 1. The summed E-state index contributed by atoms with van der Waals surface area (Å²) in [5.41, 5.74) is 4.30. The molecule has 196 valence electrons. The zero-order valence-electron chi connectivity index (χ0n) is 19.5. The number of amides is 1. The van der Waals surface area contributed by atoms with Crippen LogP contribution >= 0.6 is 0 Å². The molecule has 4 rings (SSSR count). The lowest BCUT2D eigenvalue weighted by molar-refractivity contribution is -0.253. The van der Waals surface area contributed by atoms with Crippen molar-refractivity contribution in [2.24, 2.45) is 0 Å². The number of hydrogen-bond donors (Lipinski definition) is 3. The molecule has 0 heterocycles. The van der Waals surface area contributed by atoms with E-state index in [4.69, 9.17) is 4.74 Å². The molecule has 0 bridgehead atoms. The van der Waals surface area contributed by atoms with Gasteiger partial charge in [0.05, 0.1) is 6.10 Å². The molecule has 0 aliphatic heterocycles. The molecule has 1 aliphatic carbocycles. The van der Waals surface area contributed by atoms with E-state index in [1.165, 1.54) is 12.1 Å². The smallest absolute Gasteiger partial charge is 0.449 e. The van der Waals surface area contributed by atoms with Crippen LogP contribution in [-0.4, -0.2) is 48.1 Å². The molecule has 1 aliphatic rings. The van der Waals surface area contributed by atoms with Crippen molar-refractivity contribution in [3.63, 3.8) is 0 Å². The Morgan fingerprint density at radius 2 is 1.57 bits per heavy atom. The van der Waals surface area contributed by atoms with Crippen LogP contribution in [0.1, 0.15) is 35.1 Å². The predicted molar refractivity (Wildman–Crippen MR) is 127 cm³/mol. The molecular formula is C27H25F4NO5. The van der Waals surface area contributed by atoms with Gasteiger partial charge in [-0.2, -0.15) is 17.6 Å². The predicted octanol–water partition coefficient (Wildman–Crippen LogP) is 5.25. The van der Waals surface area contributed by atoms with E-state index in [1.807, 2.05) is 48.5 Å². The monoisotopic (exact) mass is 519 g/mol. The highest BCUT2D eigenvalue weighted by Gasteiger charge is 2.44. The van der Waals surface area contributed by atoms with E-state index in [2.05, 4.69) is 10.1 Å². The summed E-state index contributed by atoms with van der Waals surface area (Å²) in [5.74, 6) is -0.705. The maximum Gasteiger partial charge on any atom is 0.461 e. The van der Waals surface area contributed by atoms with E-state index in [1.54, 1.807) is 0 Å². The Labute approximate surface area is 210 Å². The van der Waals surface area contributed by atoms with Gasteiger partial charge in [0.1, 0.15) is 18.5 Å². The van der Waals surface area contributed by atoms with Gasteiger partial charge in [-0.3, -0.25) is 0 Å². The minimum Gasteiger partial charge on any atom is -0.449 e. The summed E-state index contributed by atoms with van der Waals surface area (Å²) in [6, 6.07) is 20.3. The van der Waals surface area contributed by atoms with Crippen LogP contribution in [0.3, 0.4) is 0 Å². The fourth-order valence-electron chi connectivity index (χ4n) is 4.32. The number of fused-ring (bicyclic) bond motifs is 3. The number of carbonyl (C=O) groups is 1. The van der Waals surface area contributed by atoms with E-state index in [0.717, 1.165) is 34.4 Å². The first kappa shape index (κ1) is 26.4. The van der Waals surface area contributed by atoms with Crippen molar-refractivity contribution in [3.05, 3.63) is 89.5 Å². The Morgan fingerprint density at radius 1 is 0.946 bits per heavy atom. The van der Waals surface area contributed by atoms with Crippen molar-refractivity contribution in [2.75, 3.05) is 13.2 Å². The molecule has 0 radical (unpaired) electrons. The van der Waals surface area contributed by atoms with E-state index < -0.39 is 36.6 Å². The molecule has 2 unspecified atom stereocenters. The summed E-state index contributed by atoms with van der Waals surface area (Å²) in [4.78, 5) is 12.3. The number of ether oxygens (including phenoxy) is 2. The van der Waals surface area contributed by atoms with Gasteiger partial charge in [0, 0.05) is 12.5 Å². The van der Waals surface area contributed by atoms with Gasteiger partial charge in [0.25, 0.3) is 0 Å². The van der Waals surface area contributed by atoms with Crippen molar-refractivity contribution >= 4 is 6.09 Å². The Hall–Kier alpha value is -3.63. The molecule has 0 aromatic heterocycles. The van der Waals surface area contributed by atoms with Crippen LogP contribution in [0.15, 0.2) is 72.8 Å². The lowest BCUT2D eigenvalue weighted by Gasteiger charge is -2.21. The Balaban J connectivity index is 1.27. The Bertz CT molecular complexity index is 1190. The number of hydrogen-bond acceptors (Lipinski definition) is 5. The van der Waals surface area contributed by atoms with E-state index in [0.29, 0.717) is 0 Å². The van der Waals surface area contributed by atoms with Crippen LogP contribution in [0.25, 0.3) is 11.1 Å². The van der Waals surface area contributed by atoms with Crippen LogP contribution in [0.2, 0.25) is 0 Å². The first-order chi connectivity index (χ1) is 17.7. The lowest BCUT2D eigenvalue weighted by Crippen LogP contribution is -2.33. The molecule has 3 N–H and O–H groups in total. The van der Waals surface area contributed by atoms with E-state index in [9.17, 15) is 32.6 Å². The third-order valence-electron chi connectivity index (χ3n) is 6.13. The second kappa shape index (κ2) is 11.2. The van der Waals surface area contributed by atoms with Crippen LogP contribution in [-0.2, 0) is 4.74 Å². The van der Waals surface area contributed by atoms with Crippen LogP contribution in [0, 0.1) is 0 Å². The summed E-state index contributed by atoms with van der Waals surface area (Å²) in [6.45, 7) is 0.0651. The highest BCUT2D eigenvalue weighted by molar-refractivity contribution is 5.79. The third kappa shape index (κ3) is 6.03. The fourth-order valence-corrected chi connectivity index (χ4v) is 4.32. The average molecular weight is 519 g/mol. The van der Waals surface area contributed by atoms with Gasteiger partial charge in [-0.25, -0.2) is 4.79 Å². The highest BCUT2D eigenvalue weighted by atomic mass is 19.3. The van der Waals surface area contributed by atoms with Crippen molar-refractivity contribution in [3.8, 4) is 16.9 Å². The molecule has 37 heavy (non-hydrogen) atoms. The largest absolute Gasteiger partial charge is 0.461 e. The summed E-state index contributed by atoms with van der Waals surface area (Å²) in [6.07, 6.45) is -12.4. The van der Waals surface area contributed by atoms with Gasteiger partial charge in [-0.1, -0.05) is 60.7 Å². The molecule has 0 spiro atoms. The topological polar surface area (TPSA) is 88.0 Å². The molecular weight excluding hydrogens is 494 g/mol. The van der Waals surface area contributed by atoms with Crippen molar-refractivity contribution in [2.45, 2.75) is 37.1 Å². The second-order valence-electron chi connectivity index (χ2n) is 8.59. The lowest BCUT2D eigenvalue weighted by atomic mass is 9.98. The molecule has 2 atom stereocenters. The van der Waals surface area contributed by atoms with E-state index >= 15 is 0 Å². The zero-order valence-corrected chi connectivity index (χ0v) is 19.5. The molecule has 0 saturated carbocycles. The van der Waals surface area contributed by atoms with Crippen molar-refractivity contribution < 1.29 is 42.0 Å². The third-order valence-corrected chi connectivity index (χ3v) is 6.13. The number of alkyl halides is 4. The maximum absolute atomic E-state index is 13.1. The summed E-state index contributed by atoms with van der Waals surface area (Å²) >= 11 is 0. The SMILES string of the molecule is O=C(NCCC(O)C(O)c1cccc(OC(F)(F)C(F)F)c1)OCC1c2ccccc2-c2ccccc21. The van der Waals surface area contributed by atoms with Gasteiger partial charge in [-0.05, 0) is 46.4 Å². The summed E-state index contributed by atoms with van der Waals surface area (Å²) < 4.78 is 60.4. The average Bonchev–Trinajstić information content (AvgIpc) is 3.20. The number of rotatable bonds is 10. The minimum atomic E-state index is -4.70. The maximum atomic E-state index is 13.1. The van der Waals surface area contributed by atoms with Crippen LogP contribution < -0.4 is 10.1 Å². The molecule has 6 nitrogen and oxygen atoms in total. The van der Waals surface area contributed by atoms with Crippen molar-refractivity contribution in [1.29, 1.82) is 0 Å². The number of carbonyl (C=O) groups excluding carboxylic acids is 1. The highest BCUT2D eigenvalue weighted by Crippen LogP contribution is 2.44. The van der Waals surface area contributed by atoms with E-state index in [-0.39, 0.29) is 31.1 Å². The van der Waals surface area contributed by atoms with Gasteiger partial charge in [0.2, 0.25) is 0 Å². The molecule has 10 heteroatoms. The zero-order chi connectivity index (χ0) is 26.6. The van der Waals surface area contributed by atoms with Gasteiger partial charge < -0.3 is 25.0 Å². The number of nitrogens with one attached hydrogen (secondary N) is 1. The van der Waals surface area contributed by atoms with Gasteiger partial charge in [-0.15, -0.1) is 0 Å². The molecule has 1 amide bonds. The first-order valence-corrected chi connectivity index (χ1v) is 11.6. The fraction of sp³-hybridized carbons (Fsp3) is 0.296. The summed E-state index contributed by atoms with van der Waals surface area (Å²) in [7, 11) is 0. The number of halogens is 4. The van der Waals surface area contributed by atoms with Crippen molar-refractivity contribution in [1.82, 2.24) is 5.32 Å². The van der Waals surface area contributed by atoms with Gasteiger partial charge >= 0.3 is 18.6 Å². The minimum absolute atomic E-state index is 0.0174. The normalized spacial score (nSPS) is 14.6. The molecule has 3 aromatic rings. The number of benzene rings is 3. The second-order valence-corrected chi connectivity index (χ2v) is 8.59. The molecule has 0 fully saturated rings. The number of aliphatic hydroxyl groups excluding tert-OH is 2.